The van der Waals surface area contributed by atoms with Gasteiger partial charge < -0.3 is 5.73 Å². The highest BCUT2D eigenvalue weighted by Crippen LogP contribution is 2.30. The molecule has 2 rings (SSSR count). The van der Waals surface area contributed by atoms with Gasteiger partial charge in [0.25, 0.3) is 0 Å². The lowest BCUT2D eigenvalue weighted by atomic mass is 9.92. The number of hydrogen-bond donors (Lipinski definition) is 1. The van der Waals surface area contributed by atoms with Crippen LogP contribution in [0, 0.1) is 0 Å². The molecule has 0 bridgehead atoms. The average Bonchev–Trinajstić information content (AvgIpc) is 2.29. The molecule has 0 atom stereocenters. The number of anilines is 1. The molecular weight excluding hydrogens is 194 g/mol. The van der Waals surface area contributed by atoms with E-state index in [1.165, 1.54) is 16.7 Å². The molecule has 0 heterocycles. The van der Waals surface area contributed by atoms with E-state index in [-0.39, 0.29) is 0 Å². The Kier molecular flexibility index (Phi) is 2.95. The number of hydrogen-bond acceptors (Lipinski definition) is 1. The quantitative estimate of drug-likeness (QED) is 0.745. The Morgan fingerprint density at radius 3 is 2.25 bits per heavy atom. The van der Waals surface area contributed by atoms with E-state index in [0.29, 0.717) is 5.92 Å². The van der Waals surface area contributed by atoms with E-state index < -0.39 is 0 Å². The Morgan fingerprint density at radius 2 is 1.62 bits per heavy atom. The van der Waals surface area contributed by atoms with E-state index >= 15 is 0 Å². The summed E-state index contributed by atoms with van der Waals surface area (Å²) in [5, 5.41) is 0. The number of benzene rings is 2. The zero-order valence-corrected chi connectivity index (χ0v) is 9.77. The normalized spacial score (nSPS) is 10.7. The summed E-state index contributed by atoms with van der Waals surface area (Å²) in [6.07, 6.45) is 0. The average molecular weight is 211 g/mol. The molecule has 0 saturated heterocycles. The zero-order chi connectivity index (χ0) is 11.5. The van der Waals surface area contributed by atoms with E-state index in [0.717, 1.165) is 5.69 Å². The summed E-state index contributed by atoms with van der Waals surface area (Å²) in [5.74, 6) is 0.510. The van der Waals surface area contributed by atoms with Gasteiger partial charge in [0.2, 0.25) is 0 Å². The van der Waals surface area contributed by atoms with Crippen LogP contribution in [-0.2, 0) is 0 Å². The molecule has 2 aromatic carbocycles. The Labute approximate surface area is 96.9 Å². The molecule has 16 heavy (non-hydrogen) atoms. The first kappa shape index (κ1) is 10.7. The van der Waals surface area contributed by atoms with Crippen LogP contribution in [0.5, 0.6) is 0 Å². The fourth-order valence-electron chi connectivity index (χ4n) is 1.95. The van der Waals surface area contributed by atoms with Gasteiger partial charge >= 0.3 is 0 Å². The first-order chi connectivity index (χ1) is 7.68. The molecule has 0 aromatic heterocycles. The Balaban J connectivity index is 2.58. The molecule has 0 amide bonds. The summed E-state index contributed by atoms with van der Waals surface area (Å²) in [5.41, 5.74) is 10.5. The van der Waals surface area contributed by atoms with Gasteiger partial charge in [0.15, 0.2) is 0 Å². The van der Waals surface area contributed by atoms with Crippen molar-refractivity contribution in [1.82, 2.24) is 0 Å². The van der Waals surface area contributed by atoms with Crippen LogP contribution in [0.15, 0.2) is 48.5 Å². The number of nitrogen functional groups attached to an aromatic ring is 1. The van der Waals surface area contributed by atoms with Gasteiger partial charge in [-0.15, -0.1) is 0 Å². The van der Waals surface area contributed by atoms with Crippen molar-refractivity contribution in [2.24, 2.45) is 0 Å². The van der Waals surface area contributed by atoms with Crippen molar-refractivity contribution < 1.29 is 0 Å². The largest absolute Gasteiger partial charge is 0.399 e. The lowest BCUT2D eigenvalue weighted by Gasteiger charge is -2.13. The summed E-state index contributed by atoms with van der Waals surface area (Å²) in [4.78, 5) is 0. The van der Waals surface area contributed by atoms with Gasteiger partial charge in [-0.2, -0.15) is 0 Å². The van der Waals surface area contributed by atoms with Gasteiger partial charge in [0.1, 0.15) is 0 Å². The van der Waals surface area contributed by atoms with Gasteiger partial charge in [-0.25, -0.2) is 0 Å². The van der Waals surface area contributed by atoms with Crippen LogP contribution in [-0.4, -0.2) is 0 Å². The molecule has 1 nitrogen and oxygen atoms in total. The van der Waals surface area contributed by atoms with Gasteiger partial charge in [-0.3, -0.25) is 0 Å². The van der Waals surface area contributed by atoms with Crippen molar-refractivity contribution in [1.29, 1.82) is 0 Å². The third-order valence-corrected chi connectivity index (χ3v) is 2.78. The number of nitrogens with two attached hydrogens (primary N) is 1. The first-order valence-electron chi connectivity index (χ1n) is 5.63. The molecule has 0 aliphatic carbocycles. The molecule has 0 fully saturated rings. The Hall–Kier alpha value is -1.76. The molecule has 82 valence electrons. The molecule has 0 unspecified atom stereocenters. The van der Waals surface area contributed by atoms with E-state index in [4.69, 9.17) is 5.73 Å². The second-order valence-electron chi connectivity index (χ2n) is 4.37. The van der Waals surface area contributed by atoms with E-state index in [1.807, 2.05) is 12.1 Å². The van der Waals surface area contributed by atoms with Crippen molar-refractivity contribution in [3.63, 3.8) is 0 Å². The minimum absolute atomic E-state index is 0.510. The van der Waals surface area contributed by atoms with Crippen molar-refractivity contribution in [2.75, 3.05) is 5.73 Å². The molecule has 0 aliphatic rings. The second-order valence-corrected chi connectivity index (χ2v) is 4.37. The molecule has 2 aromatic rings. The minimum Gasteiger partial charge on any atom is -0.399 e. The second kappa shape index (κ2) is 4.40. The third-order valence-electron chi connectivity index (χ3n) is 2.78. The monoisotopic (exact) mass is 211 g/mol. The maximum atomic E-state index is 5.86. The summed E-state index contributed by atoms with van der Waals surface area (Å²) >= 11 is 0. The van der Waals surface area contributed by atoms with Crippen molar-refractivity contribution >= 4 is 5.69 Å². The summed E-state index contributed by atoms with van der Waals surface area (Å²) in [6, 6.07) is 16.6. The standard InChI is InChI=1S/C15H17N/c1-11(2)14-9-8-13(16)10-15(14)12-6-4-3-5-7-12/h3-11H,16H2,1-2H3. The summed E-state index contributed by atoms with van der Waals surface area (Å²) in [6.45, 7) is 4.41. The van der Waals surface area contributed by atoms with Crippen molar-refractivity contribution in [3.8, 4) is 11.1 Å². The lowest BCUT2D eigenvalue weighted by molar-refractivity contribution is 0.869. The van der Waals surface area contributed by atoms with Crippen LogP contribution in [0.1, 0.15) is 25.3 Å². The lowest BCUT2D eigenvalue weighted by Crippen LogP contribution is -1.94. The van der Waals surface area contributed by atoms with Crippen LogP contribution >= 0.6 is 0 Å². The van der Waals surface area contributed by atoms with Crippen LogP contribution in [0.25, 0.3) is 11.1 Å². The smallest absolute Gasteiger partial charge is 0.0320 e. The fourth-order valence-corrected chi connectivity index (χ4v) is 1.95. The molecule has 0 radical (unpaired) electrons. The van der Waals surface area contributed by atoms with Crippen LogP contribution < -0.4 is 5.73 Å². The van der Waals surface area contributed by atoms with Gasteiger partial charge in [-0.1, -0.05) is 50.2 Å². The van der Waals surface area contributed by atoms with E-state index in [2.05, 4.69) is 50.2 Å². The van der Waals surface area contributed by atoms with Gasteiger partial charge in [0, 0.05) is 5.69 Å². The summed E-state index contributed by atoms with van der Waals surface area (Å²) < 4.78 is 0. The van der Waals surface area contributed by atoms with Crippen molar-refractivity contribution in [3.05, 3.63) is 54.1 Å². The van der Waals surface area contributed by atoms with Crippen LogP contribution in [0.3, 0.4) is 0 Å². The maximum absolute atomic E-state index is 5.86. The highest BCUT2D eigenvalue weighted by Gasteiger charge is 2.08. The Bertz CT molecular complexity index is 472. The molecule has 0 aliphatic heterocycles. The summed E-state index contributed by atoms with van der Waals surface area (Å²) in [7, 11) is 0. The predicted octanol–water partition coefficient (Wildman–Crippen LogP) is 4.06. The molecule has 0 saturated carbocycles. The molecule has 2 N–H and O–H groups in total. The molecule has 1 heteroatoms. The topological polar surface area (TPSA) is 26.0 Å². The van der Waals surface area contributed by atoms with Gasteiger partial charge in [0.05, 0.1) is 0 Å². The first-order valence-corrected chi connectivity index (χ1v) is 5.63. The van der Waals surface area contributed by atoms with Gasteiger partial charge in [-0.05, 0) is 34.7 Å². The SMILES string of the molecule is CC(C)c1ccc(N)cc1-c1ccccc1. The van der Waals surface area contributed by atoms with Crippen LogP contribution in [0.2, 0.25) is 0 Å². The Morgan fingerprint density at radius 1 is 0.938 bits per heavy atom. The van der Waals surface area contributed by atoms with E-state index in [9.17, 15) is 0 Å². The molecular formula is C15H17N. The highest BCUT2D eigenvalue weighted by atomic mass is 14.5. The minimum atomic E-state index is 0.510. The van der Waals surface area contributed by atoms with Crippen LogP contribution in [0.4, 0.5) is 5.69 Å². The fraction of sp³-hybridized carbons (Fsp3) is 0.200. The van der Waals surface area contributed by atoms with Crippen molar-refractivity contribution in [2.45, 2.75) is 19.8 Å². The highest BCUT2D eigenvalue weighted by molar-refractivity contribution is 5.71. The van der Waals surface area contributed by atoms with E-state index in [1.54, 1.807) is 0 Å². The molecule has 0 spiro atoms. The number of rotatable bonds is 2. The predicted molar refractivity (Wildman–Crippen MR) is 70.4 cm³/mol. The zero-order valence-electron chi connectivity index (χ0n) is 9.77. The third kappa shape index (κ3) is 2.08. The maximum Gasteiger partial charge on any atom is 0.0320 e.